The topological polar surface area (TPSA) is 77.5 Å². The molecule has 0 unspecified atom stereocenters. The molecule has 1 saturated heterocycles. The fourth-order valence-electron chi connectivity index (χ4n) is 3.16. The van der Waals surface area contributed by atoms with Gasteiger partial charge in [-0.2, -0.15) is 5.26 Å². The van der Waals surface area contributed by atoms with Gasteiger partial charge < -0.3 is 14.2 Å². The molecule has 3 rings (SSSR count). The van der Waals surface area contributed by atoms with Crippen molar-refractivity contribution in [2.75, 3.05) is 18.0 Å². The summed E-state index contributed by atoms with van der Waals surface area (Å²) in [6.45, 7) is 5.75. The van der Waals surface area contributed by atoms with E-state index in [4.69, 9.17) is 4.42 Å². The zero-order valence-corrected chi connectivity index (χ0v) is 14.4. The highest BCUT2D eigenvalue weighted by molar-refractivity contribution is 6.02. The van der Waals surface area contributed by atoms with Gasteiger partial charge in [-0.25, -0.2) is 0 Å². The van der Waals surface area contributed by atoms with E-state index in [9.17, 15) is 14.9 Å². The minimum atomic E-state index is -0.205. The molecule has 1 aromatic carbocycles. The highest BCUT2D eigenvalue weighted by Gasteiger charge is 2.35. The summed E-state index contributed by atoms with van der Waals surface area (Å²) in [6, 6.07) is 10.6. The number of para-hydroxylation sites is 1. The van der Waals surface area contributed by atoms with Gasteiger partial charge in [-0.1, -0.05) is 12.1 Å². The Labute approximate surface area is 146 Å². The van der Waals surface area contributed by atoms with Crippen LogP contribution >= 0.6 is 0 Å². The SMILES string of the molecule is Cc1cc(C(=O)N2CC(=O)N(c3ccccc3C#N)C[C@@H]2C)c(C)o1. The van der Waals surface area contributed by atoms with E-state index in [-0.39, 0.29) is 24.4 Å². The zero-order valence-electron chi connectivity index (χ0n) is 14.4. The van der Waals surface area contributed by atoms with E-state index >= 15 is 0 Å². The van der Waals surface area contributed by atoms with Crippen molar-refractivity contribution in [1.82, 2.24) is 4.90 Å². The Kier molecular flexibility index (Phi) is 4.32. The van der Waals surface area contributed by atoms with Crippen molar-refractivity contribution in [3.05, 3.63) is 53.0 Å². The number of anilines is 1. The number of aryl methyl sites for hydroxylation is 2. The van der Waals surface area contributed by atoms with Gasteiger partial charge in [0.25, 0.3) is 5.91 Å². The van der Waals surface area contributed by atoms with Crippen molar-refractivity contribution in [2.45, 2.75) is 26.8 Å². The summed E-state index contributed by atoms with van der Waals surface area (Å²) in [4.78, 5) is 28.6. The number of nitriles is 1. The van der Waals surface area contributed by atoms with E-state index < -0.39 is 0 Å². The quantitative estimate of drug-likeness (QED) is 0.844. The lowest BCUT2D eigenvalue weighted by Gasteiger charge is -2.39. The summed E-state index contributed by atoms with van der Waals surface area (Å²) in [6.07, 6.45) is 0. The molecule has 2 amide bonds. The molecule has 128 valence electrons. The maximum Gasteiger partial charge on any atom is 0.258 e. The van der Waals surface area contributed by atoms with E-state index in [1.807, 2.05) is 6.92 Å². The van der Waals surface area contributed by atoms with Crippen LogP contribution in [0.15, 0.2) is 34.7 Å². The van der Waals surface area contributed by atoms with Gasteiger partial charge in [-0.15, -0.1) is 0 Å². The van der Waals surface area contributed by atoms with Crippen molar-refractivity contribution in [1.29, 1.82) is 5.26 Å². The summed E-state index contributed by atoms with van der Waals surface area (Å²) in [5.74, 6) is 0.816. The van der Waals surface area contributed by atoms with Crippen molar-refractivity contribution in [2.24, 2.45) is 0 Å². The van der Waals surface area contributed by atoms with Crippen LogP contribution < -0.4 is 4.90 Å². The van der Waals surface area contributed by atoms with Crippen LogP contribution in [-0.2, 0) is 4.79 Å². The van der Waals surface area contributed by atoms with Crippen LogP contribution in [0.3, 0.4) is 0 Å². The van der Waals surface area contributed by atoms with Crippen molar-refractivity contribution < 1.29 is 14.0 Å². The Morgan fingerprint density at radius 3 is 2.68 bits per heavy atom. The predicted octanol–water partition coefficient (Wildman–Crippen LogP) is 2.65. The van der Waals surface area contributed by atoms with Gasteiger partial charge in [-0.05, 0) is 39.0 Å². The number of rotatable bonds is 2. The molecule has 0 N–H and O–H groups in total. The number of furan rings is 1. The Bertz CT molecular complexity index is 878. The zero-order chi connectivity index (χ0) is 18.1. The second kappa shape index (κ2) is 6.44. The standard InChI is InChI=1S/C19H19N3O3/c1-12-10-22(17-7-5-4-6-15(17)9-20)18(23)11-21(12)19(24)16-8-13(2)25-14(16)3/h4-8,12H,10-11H2,1-3H3/t12-/m0/s1. The fraction of sp³-hybridized carbons (Fsp3) is 0.316. The number of benzene rings is 1. The summed E-state index contributed by atoms with van der Waals surface area (Å²) in [7, 11) is 0. The average molecular weight is 337 g/mol. The summed E-state index contributed by atoms with van der Waals surface area (Å²) < 4.78 is 5.43. The van der Waals surface area contributed by atoms with Gasteiger partial charge in [0.2, 0.25) is 5.91 Å². The highest BCUT2D eigenvalue weighted by Crippen LogP contribution is 2.25. The molecule has 0 radical (unpaired) electrons. The number of hydrogen-bond donors (Lipinski definition) is 0. The molecule has 1 aliphatic rings. The van der Waals surface area contributed by atoms with Gasteiger partial charge in [0.1, 0.15) is 24.1 Å². The third-order valence-electron chi connectivity index (χ3n) is 4.43. The van der Waals surface area contributed by atoms with Crippen LogP contribution in [0.4, 0.5) is 5.69 Å². The molecule has 1 atom stereocenters. The first-order chi connectivity index (χ1) is 11.9. The first kappa shape index (κ1) is 16.8. The van der Waals surface area contributed by atoms with Crippen molar-refractivity contribution in [3.8, 4) is 6.07 Å². The molecule has 0 saturated carbocycles. The van der Waals surface area contributed by atoms with Crippen LogP contribution in [0, 0.1) is 25.2 Å². The van der Waals surface area contributed by atoms with Crippen LogP contribution in [0.1, 0.15) is 34.4 Å². The smallest absolute Gasteiger partial charge is 0.258 e. The molecular formula is C19H19N3O3. The van der Waals surface area contributed by atoms with E-state index in [2.05, 4.69) is 6.07 Å². The molecule has 2 heterocycles. The molecule has 1 aromatic heterocycles. The van der Waals surface area contributed by atoms with Crippen LogP contribution in [0.2, 0.25) is 0 Å². The van der Waals surface area contributed by atoms with Gasteiger partial charge >= 0.3 is 0 Å². The maximum atomic E-state index is 12.8. The molecule has 0 spiro atoms. The molecular weight excluding hydrogens is 318 g/mol. The molecule has 1 fully saturated rings. The monoisotopic (exact) mass is 337 g/mol. The third kappa shape index (κ3) is 3.01. The Morgan fingerprint density at radius 1 is 1.32 bits per heavy atom. The minimum Gasteiger partial charge on any atom is -0.466 e. The molecule has 6 heteroatoms. The Hall–Kier alpha value is -3.07. The maximum absolute atomic E-state index is 12.8. The van der Waals surface area contributed by atoms with Gasteiger partial charge in [0, 0.05) is 12.6 Å². The lowest BCUT2D eigenvalue weighted by atomic mass is 10.1. The van der Waals surface area contributed by atoms with E-state index in [0.29, 0.717) is 34.9 Å². The summed E-state index contributed by atoms with van der Waals surface area (Å²) >= 11 is 0. The highest BCUT2D eigenvalue weighted by atomic mass is 16.3. The lowest BCUT2D eigenvalue weighted by molar-refractivity contribution is -0.121. The molecule has 2 aromatic rings. The van der Waals surface area contributed by atoms with Crippen LogP contribution in [0.25, 0.3) is 0 Å². The second-order valence-corrected chi connectivity index (χ2v) is 6.24. The number of carbonyl (C=O) groups is 2. The minimum absolute atomic E-state index is 0.0244. The Morgan fingerprint density at radius 2 is 2.04 bits per heavy atom. The number of carbonyl (C=O) groups excluding carboxylic acids is 2. The molecule has 1 aliphatic heterocycles. The summed E-state index contributed by atoms with van der Waals surface area (Å²) in [5, 5.41) is 9.26. The predicted molar refractivity (Wildman–Crippen MR) is 92.2 cm³/mol. The first-order valence-electron chi connectivity index (χ1n) is 8.10. The van der Waals surface area contributed by atoms with Crippen molar-refractivity contribution >= 4 is 17.5 Å². The lowest BCUT2D eigenvalue weighted by Crippen LogP contribution is -2.57. The largest absolute Gasteiger partial charge is 0.466 e. The van der Waals surface area contributed by atoms with Crippen LogP contribution in [0.5, 0.6) is 0 Å². The number of piperazine rings is 1. The van der Waals surface area contributed by atoms with Crippen molar-refractivity contribution in [3.63, 3.8) is 0 Å². The third-order valence-corrected chi connectivity index (χ3v) is 4.43. The summed E-state index contributed by atoms with van der Waals surface area (Å²) in [5.41, 5.74) is 1.52. The van der Waals surface area contributed by atoms with Gasteiger partial charge in [0.15, 0.2) is 0 Å². The molecule has 6 nitrogen and oxygen atoms in total. The molecule has 0 aliphatic carbocycles. The van der Waals surface area contributed by atoms with Gasteiger partial charge in [-0.3, -0.25) is 9.59 Å². The first-order valence-corrected chi connectivity index (χ1v) is 8.10. The van der Waals surface area contributed by atoms with Crippen LogP contribution in [-0.4, -0.2) is 35.8 Å². The van der Waals surface area contributed by atoms with E-state index in [1.165, 1.54) is 0 Å². The number of amides is 2. The number of nitrogens with zero attached hydrogens (tertiary/aromatic N) is 3. The average Bonchev–Trinajstić information content (AvgIpc) is 2.94. The Balaban J connectivity index is 1.85. The molecule has 25 heavy (non-hydrogen) atoms. The van der Waals surface area contributed by atoms with Gasteiger partial charge in [0.05, 0.1) is 16.8 Å². The fourth-order valence-corrected chi connectivity index (χ4v) is 3.16. The molecule has 0 bridgehead atoms. The number of hydrogen-bond acceptors (Lipinski definition) is 4. The van der Waals surface area contributed by atoms with E-state index in [0.717, 1.165) is 0 Å². The normalized spacial score (nSPS) is 17.5. The van der Waals surface area contributed by atoms with E-state index in [1.54, 1.807) is 54.0 Å². The second-order valence-electron chi connectivity index (χ2n) is 6.24.